The van der Waals surface area contributed by atoms with Crippen molar-refractivity contribution in [3.63, 3.8) is 0 Å². The van der Waals surface area contributed by atoms with Crippen LogP contribution in [-0.4, -0.2) is 29.3 Å². The molecule has 1 fully saturated rings. The standard InChI is InChI=1S/C14H17N3O3/c1-16-10-4-3-5-11(20-2)12(10)13(18)17(14(16)19)9-6-7-15-8-9/h3-5,9,15H,6-8H2,1-2H3. The predicted octanol–water partition coefficient (Wildman–Crippen LogP) is 0.243. The molecule has 1 unspecified atom stereocenters. The van der Waals surface area contributed by atoms with E-state index in [1.807, 2.05) is 0 Å². The van der Waals surface area contributed by atoms with Gasteiger partial charge in [0.1, 0.15) is 11.1 Å². The van der Waals surface area contributed by atoms with Gasteiger partial charge in [0.15, 0.2) is 0 Å². The number of benzene rings is 1. The molecule has 0 aliphatic carbocycles. The van der Waals surface area contributed by atoms with E-state index in [1.54, 1.807) is 25.2 Å². The molecule has 1 aliphatic rings. The van der Waals surface area contributed by atoms with Crippen LogP contribution in [0.1, 0.15) is 12.5 Å². The van der Waals surface area contributed by atoms with E-state index in [-0.39, 0.29) is 17.3 Å². The van der Waals surface area contributed by atoms with Crippen molar-refractivity contribution in [1.29, 1.82) is 0 Å². The third kappa shape index (κ3) is 1.76. The molecule has 3 rings (SSSR count). The fourth-order valence-corrected chi connectivity index (χ4v) is 2.84. The van der Waals surface area contributed by atoms with Crippen molar-refractivity contribution in [2.24, 2.45) is 7.05 Å². The first-order valence-corrected chi connectivity index (χ1v) is 6.64. The Morgan fingerprint density at radius 1 is 1.35 bits per heavy atom. The highest BCUT2D eigenvalue weighted by atomic mass is 16.5. The second-order valence-electron chi connectivity index (χ2n) is 5.02. The minimum Gasteiger partial charge on any atom is -0.496 e. The number of ether oxygens (including phenoxy) is 1. The van der Waals surface area contributed by atoms with Crippen molar-refractivity contribution in [1.82, 2.24) is 14.5 Å². The summed E-state index contributed by atoms with van der Waals surface area (Å²) in [6, 6.07) is 5.20. The highest BCUT2D eigenvalue weighted by Gasteiger charge is 2.23. The van der Waals surface area contributed by atoms with Crippen LogP contribution in [0.3, 0.4) is 0 Å². The summed E-state index contributed by atoms with van der Waals surface area (Å²) in [6.45, 7) is 1.47. The molecule has 1 aromatic heterocycles. The fraction of sp³-hybridized carbons (Fsp3) is 0.429. The van der Waals surface area contributed by atoms with Gasteiger partial charge in [-0.3, -0.25) is 13.9 Å². The number of aromatic nitrogens is 2. The number of aryl methyl sites for hydroxylation is 1. The molecule has 106 valence electrons. The van der Waals surface area contributed by atoms with Gasteiger partial charge in [-0.2, -0.15) is 0 Å². The van der Waals surface area contributed by atoms with Gasteiger partial charge in [-0.1, -0.05) is 6.07 Å². The van der Waals surface area contributed by atoms with E-state index in [9.17, 15) is 9.59 Å². The highest BCUT2D eigenvalue weighted by Crippen LogP contribution is 2.21. The van der Waals surface area contributed by atoms with Crippen LogP contribution in [0.5, 0.6) is 5.75 Å². The molecule has 0 radical (unpaired) electrons. The molecule has 0 spiro atoms. The molecule has 1 aromatic carbocycles. The second-order valence-corrected chi connectivity index (χ2v) is 5.02. The van der Waals surface area contributed by atoms with Crippen molar-refractivity contribution in [3.8, 4) is 5.75 Å². The maximum atomic E-state index is 12.7. The zero-order chi connectivity index (χ0) is 14.3. The van der Waals surface area contributed by atoms with Crippen molar-refractivity contribution >= 4 is 10.9 Å². The van der Waals surface area contributed by atoms with Crippen molar-refractivity contribution in [2.45, 2.75) is 12.5 Å². The van der Waals surface area contributed by atoms with E-state index in [0.717, 1.165) is 13.0 Å². The van der Waals surface area contributed by atoms with E-state index in [0.29, 0.717) is 23.2 Å². The molecule has 2 aromatic rings. The molecule has 1 saturated heterocycles. The average molecular weight is 275 g/mol. The maximum absolute atomic E-state index is 12.7. The molecular weight excluding hydrogens is 258 g/mol. The van der Waals surface area contributed by atoms with Crippen LogP contribution in [0.4, 0.5) is 0 Å². The van der Waals surface area contributed by atoms with Crippen LogP contribution < -0.4 is 21.3 Å². The Morgan fingerprint density at radius 3 is 2.80 bits per heavy atom. The zero-order valence-corrected chi connectivity index (χ0v) is 11.5. The number of hydrogen-bond acceptors (Lipinski definition) is 4. The molecule has 2 heterocycles. The zero-order valence-electron chi connectivity index (χ0n) is 11.5. The van der Waals surface area contributed by atoms with Gasteiger partial charge in [-0.15, -0.1) is 0 Å². The van der Waals surface area contributed by atoms with Crippen molar-refractivity contribution in [3.05, 3.63) is 39.0 Å². The van der Waals surface area contributed by atoms with Crippen molar-refractivity contribution in [2.75, 3.05) is 20.2 Å². The van der Waals surface area contributed by atoms with Gasteiger partial charge >= 0.3 is 5.69 Å². The van der Waals surface area contributed by atoms with Crippen LogP contribution in [0.2, 0.25) is 0 Å². The predicted molar refractivity (Wildman–Crippen MR) is 76.5 cm³/mol. The molecule has 0 bridgehead atoms. The van der Waals surface area contributed by atoms with E-state index >= 15 is 0 Å². The van der Waals surface area contributed by atoms with Crippen LogP contribution >= 0.6 is 0 Å². The number of nitrogens with one attached hydrogen (secondary N) is 1. The maximum Gasteiger partial charge on any atom is 0.331 e. The van der Waals surface area contributed by atoms with Gasteiger partial charge in [0.05, 0.1) is 18.7 Å². The Kier molecular flexibility index (Phi) is 3.10. The lowest BCUT2D eigenvalue weighted by atomic mass is 10.2. The average Bonchev–Trinajstić information content (AvgIpc) is 2.98. The quantitative estimate of drug-likeness (QED) is 0.853. The molecule has 0 amide bonds. The largest absolute Gasteiger partial charge is 0.496 e. The minimum atomic E-state index is -0.274. The topological polar surface area (TPSA) is 65.3 Å². The lowest BCUT2D eigenvalue weighted by Gasteiger charge is -2.16. The normalized spacial score (nSPS) is 18.6. The van der Waals surface area contributed by atoms with Gasteiger partial charge in [0, 0.05) is 13.6 Å². The number of hydrogen-bond donors (Lipinski definition) is 1. The molecule has 0 saturated carbocycles. The minimum absolute atomic E-state index is 0.0875. The summed E-state index contributed by atoms with van der Waals surface area (Å²) >= 11 is 0. The number of nitrogens with zero attached hydrogens (tertiary/aromatic N) is 2. The highest BCUT2D eigenvalue weighted by molar-refractivity contribution is 5.84. The molecule has 1 N–H and O–H groups in total. The SMILES string of the molecule is COc1cccc2c1c(=O)n(C1CCNC1)c(=O)n2C. The Labute approximate surface area is 115 Å². The van der Waals surface area contributed by atoms with Gasteiger partial charge in [-0.25, -0.2) is 4.79 Å². The Balaban J connectivity index is 2.42. The first-order chi connectivity index (χ1) is 9.65. The first kappa shape index (κ1) is 12.9. The molecule has 6 nitrogen and oxygen atoms in total. The summed E-state index contributed by atoms with van der Waals surface area (Å²) in [7, 11) is 3.21. The van der Waals surface area contributed by atoms with Crippen LogP contribution in [0.15, 0.2) is 27.8 Å². The molecule has 20 heavy (non-hydrogen) atoms. The van der Waals surface area contributed by atoms with E-state index in [4.69, 9.17) is 4.74 Å². The number of methoxy groups -OCH3 is 1. The summed E-state index contributed by atoms with van der Waals surface area (Å²) < 4.78 is 8.14. The molecule has 1 aliphatic heterocycles. The second kappa shape index (κ2) is 4.79. The summed E-state index contributed by atoms with van der Waals surface area (Å²) in [5, 5.41) is 3.64. The Hall–Kier alpha value is -2.08. The molecular formula is C14H17N3O3. The number of rotatable bonds is 2. The van der Waals surface area contributed by atoms with Crippen LogP contribution in [0.25, 0.3) is 10.9 Å². The summed E-state index contributed by atoms with van der Waals surface area (Å²) in [6.07, 6.45) is 0.788. The fourth-order valence-electron chi connectivity index (χ4n) is 2.84. The molecule has 1 atom stereocenters. The smallest absolute Gasteiger partial charge is 0.331 e. The Bertz CT molecular complexity index is 770. The third-order valence-electron chi connectivity index (χ3n) is 3.91. The van der Waals surface area contributed by atoms with Crippen molar-refractivity contribution < 1.29 is 4.74 Å². The summed E-state index contributed by atoms with van der Waals surface area (Å²) in [5.41, 5.74) is 0.0558. The van der Waals surface area contributed by atoms with Crippen LogP contribution in [-0.2, 0) is 7.05 Å². The van der Waals surface area contributed by atoms with Gasteiger partial charge < -0.3 is 10.1 Å². The lowest BCUT2D eigenvalue weighted by molar-refractivity contribution is 0.417. The van der Waals surface area contributed by atoms with Gasteiger partial charge in [0.2, 0.25) is 0 Å². The van der Waals surface area contributed by atoms with E-state index in [1.165, 1.54) is 16.2 Å². The first-order valence-electron chi connectivity index (χ1n) is 6.64. The Morgan fingerprint density at radius 2 is 2.15 bits per heavy atom. The van der Waals surface area contributed by atoms with E-state index in [2.05, 4.69) is 5.32 Å². The van der Waals surface area contributed by atoms with Gasteiger partial charge in [0.25, 0.3) is 5.56 Å². The monoisotopic (exact) mass is 275 g/mol. The van der Waals surface area contributed by atoms with Crippen LogP contribution in [0, 0.1) is 0 Å². The van der Waals surface area contributed by atoms with Gasteiger partial charge in [-0.05, 0) is 25.1 Å². The lowest BCUT2D eigenvalue weighted by Crippen LogP contribution is -2.42. The third-order valence-corrected chi connectivity index (χ3v) is 3.91. The summed E-state index contributed by atoms with van der Waals surface area (Å²) in [5.74, 6) is 0.503. The number of fused-ring (bicyclic) bond motifs is 1. The molecule has 6 heteroatoms. The van der Waals surface area contributed by atoms with E-state index < -0.39 is 0 Å². The summed E-state index contributed by atoms with van der Waals surface area (Å²) in [4.78, 5) is 25.2.